The molecule has 0 N–H and O–H groups in total. The highest BCUT2D eigenvalue weighted by molar-refractivity contribution is 7.72. The normalized spacial score (nSPS) is 10.2. The van der Waals surface area contributed by atoms with Gasteiger partial charge in [0.2, 0.25) is 0 Å². The lowest BCUT2D eigenvalue weighted by molar-refractivity contribution is 0.0600. The van der Waals surface area contributed by atoms with Crippen molar-refractivity contribution in [1.82, 2.24) is 0 Å². The minimum atomic E-state index is -2.74. The third kappa shape index (κ3) is 2.52. The van der Waals surface area contributed by atoms with E-state index in [1.165, 1.54) is 19.2 Å². The van der Waals surface area contributed by atoms with Crippen molar-refractivity contribution < 1.29 is 17.9 Å². The number of carbonyl (C=O) groups is 1. The second-order valence-electron chi connectivity index (χ2n) is 3.35. The van der Waals surface area contributed by atoms with Crippen molar-refractivity contribution in [3.8, 4) is 0 Å². The van der Waals surface area contributed by atoms with Gasteiger partial charge in [-0.1, -0.05) is 0 Å². The molecule has 0 aliphatic rings. The van der Waals surface area contributed by atoms with E-state index in [1.54, 1.807) is 25.1 Å². The first-order chi connectivity index (χ1) is 7.47. The maximum atomic E-state index is 11.2. The molecule has 0 aliphatic carbocycles. The van der Waals surface area contributed by atoms with Crippen LogP contribution in [0.15, 0.2) is 23.1 Å². The minimum absolute atomic E-state index is 0.114. The van der Waals surface area contributed by atoms with E-state index in [9.17, 15) is 13.2 Å². The zero-order chi connectivity index (χ0) is 12.3. The van der Waals surface area contributed by atoms with Crippen LogP contribution in [-0.2, 0) is 15.4 Å². The maximum Gasteiger partial charge on any atom is 0.337 e. The van der Waals surface area contributed by atoms with Crippen molar-refractivity contribution in [2.45, 2.75) is 4.90 Å². The van der Waals surface area contributed by atoms with Gasteiger partial charge < -0.3 is 9.64 Å². The van der Waals surface area contributed by atoms with E-state index in [0.29, 0.717) is 5.69 Å². The summed E-state index contributed by atoms with van der Waals surface area (Å²) in [5.41, 5.74) is 0.770. The number of carbonyl (C=O) groups excluding carboxylic acids is 1. The minimum Gasteiger partial charge on any atom is -0.465 e. The van der Waals surface area contributed by atoms with Gasteiger partial charge in [-0.25, -0.2) is 13.2 Å². The van der Waals surface area contributed by atoms with Gasteiger partial charge in [-0.15, -0.1) is 0 Å². The standard InChI is InChI=1S/C10H13NO4S/c1-11(2)8-5-4-7(10(12)15-3)6-9(8)16(13)14/h4-6,16H,1-3H3. The molecule has 16 heavy (non-hydrogen) atoms. The predicted molar refractivity (Wildman–Crippen MR) is 60.7 cm³/mol. The highest BCUT2D eigenvalue weighted by Crippen LogP contribution is 2.21. The fourth-order valence-corrected chi connectivity index (χ4v) is 2.00. The number of hydrogen-bond donors (Lipinski definition) is 1. The van der Waals surface area contributed by atoms with Crippen LogP contribution in [0.25, 0.3) is 0 Å². The summed E-state index contributed by atoms with van der Waals surface area (Å²) in [6.45, 7) is 0. The summed E-state index contributed by atoms with van der Waals surface area (Å²) in [6.07, 6.45) is 0. The first-order valence-electron chi connectivity index (χ1n) is 4.51. The molecule has 0 saturated heterocycles. The van der Waals surface area contributed by atoms with Gasteiger partial charge in [0.1, 0.15) is 0 Å². The van der Waals surface area contributed by atoms with E-state index in [-0.39, 0.29) is 10.5 Å². The van der Waals surface area contributed by atoms with Gasteiger partial charge in [0.25, 0.3) is 0 Å². The second kappa shape index (κ2) is 4.98. The zero-order valence-electron chi connectivity index (χ0n) is 9.26. The number of benzene rings is 1. The fourth-order valence-electron chi connectivity index (χ4n) is 1.29. The van der Waals surface area contributed by atoms with Crippen LogP contribution in [0, 0.1) is 0 Å². The highest BCUT2D eigenvalue weighted by Gasteiger charge is 2.12. The van der Waals surface area contributed by atoms with Gasteiger partial charge in [0, 0.05) is 14.1 Å². The monoisotopic (exact) mass is 243 g/mol. The summed E-state index contributed by atoms with van der Waals surface area (Å²) < 4.78 is 26.6. The van der Waals surface area contributed by atoms with E-state index >= 15 is 0 Å². The Morgan fingerprint density at radius 2 is 1.94 bits per heavy atom. The summed E-state index contributed by atoms with van der Waals surface area (Å²) in [6, 6.07) is 4.42. The van der Waals surface area contributed by atoms with Crippen molar-refractivity contribution in [2.24, 2.45) is 0 Å². The molecule has 88 valence electrons. The number of esters is 1. The maximum absolute atomic E-state index is 11.2. The first kappa shape index (κ1) is 12.5. The third-order valence-corrected chi connectivity index (χ3v) is 2.83. The molecule has 6 heteroatoms. The van der Waals surface area contributed by atoms with Crippen molar-refractivity contribution in [2.75, 3.05) is 26.1 Å². The van der Waals surface area contributed by atoms with E-state index < -0.39 is 16.7 Å². The van der Waals surface area contributed by atoms with Gasteiger partial charge in [-0.05, 0) is 18.2 Å². The Bertz CT molecular complexity index is 472. The molecule has 0 atom stereocenters. The number of anilines is 1. The van der Waals surface area contributed by atoms with Crippen LogP contribution in [0.2, 0.25) is 0 Å². The molecule has 0 bridgehead atoms. The molecule has 1 aromatic rings. The number of hydrogen-bond acceptors (Lipinski definition) is 5. The SMILES string of the molecule is COC(=O)c1ccc(N(C)C)c([SH](=O)=O)c1. The average Bonchev–Trinajstić information content (AvgIpc) is 2.26. The lowest BCUT2D eigenvalue weighted by Gasteiger charge is -2.15. The van der Waals surface area contributed by atoms with Gasteiger partial charge in [-0.2, -0.15) is 0 Å². The number of rotatable bonds is 3. The molecule has 0 aliphatic heterocycles. The van der Waals surface area contributed by atoms with Crippen LogP contribution in [-0.4, -0.2) is 35.6 Å². The third-order valence-electron chi connectivity index (χ3n) is 2.08. The molecule has 5 nitrogen and oxygen atoms in total. The smallest absolute Gasteiger partial charge is 0.337 e. The van der Waals surface area contributed by atoms with Crippen molar-refractivity contribution in [1.29, 1.82) is 0 Å². The number of thiol groups is 1. The number of nitrogens with zero attached hydrogens (tertiary/aromatic N) is 1. The fraction of sp³-hybridized carbons (Fsp3) is 0.300. The molecular formula is C10H13NO4S. The topological polar surface area (TPSA) is 63.7 Å². The van der Waals surface area contributed by atoms with Gasteiger partial charge >= 0.3 is 5.97 Å². The molecular weight excluding hydrogens is 230 g/mol. The molecule has 0 fully saturated rings. The molecule has 0 radical (unpaired) electrons. The Kier molecular flexibility index (Phi) is 3.89. The van der Waals surface area contributed by atoms with Crippen LogP contribution >= 0.6 is 0 Å². The van der Waals surface area contributed by atoms with Crippen molar-refractivity contribution >= 4 is 22.4 Å². The van der Waals surface area contributed by atoms with Crippen molar-refractivity contribution in [3.05, 3.63) is 23.8 Å². The largest absolute Gasteiger partial charge is 0.465 e. The lowest BCUT2D eigenvalue weighted by atomic mass is 10.2. The van der Waals surface area contributed by atoms with Crippen LogP contribution in [0.3, 0.4) is 0 Å². The van der Waals surface area contributed by atoms with Crippen LogP contribution in [0.5, 0.6) is 0 Å². The molecule has 1 aromatic carbocycles. The summed E-state index contributed by atoms with van der Waals surface area (Å²) in [7, 11) is 1.97. The second-order valence-corrected chi connectivity index (χ2v) is 4.34. The van der Waals surface area contributed by atoms with E-state index in [2.05, 4.69) is 4.74 Å². The van der Waals surface area contributed by atoms with Gasteiger partial charge in [0.05, 0.1) is 23.3 Å². The Morgan fingerprint density at radius 1 is 1.31 bits per heavy atom. The Labute approximate surface area is 95.6 Å². The van der Waals surface area contributed by atoms with Gasteiger partial charge in [-0.3, -0.25) is 0 Å². The average molecular weight is 243 g/mol. The van der Waals surface area contributed by atoms with Crippen LogP contribution in [0.4, 0.5) is 5.69 Å². The van der Waals surface area contributed by atoms with E-state index in [1.807, 2.05) is 0 Å². The quantitative estimate of drug-likeness (QED) is 0.619. The molecule has 0 spiro atoms. The Hall–Kier alpha value is -1.56. The van der Waals surface area contributed by atoms with Gasteiger partial charge in [0.15, 0.2) is 10.7 Å². The molecule has 0 heterocycles. The van der Waals surface area contributed by atoms with E-state index in [0.717, 1.165) is 0 Å². The lowest BCUT2D eigenvalue weighted by Crippen LogP contribution is -2.12. The molecule has 0 saturated carbocycles. The van der Waals surface area contributed by atoms with Crippen LogP contribution in [0.1, 0.15) is 10.4 Å². The van der Waals surface area contributed by atoms with E-state index in [4.69, 9.17) is 0 Å². The summed E-state index contributed by atoms with van der Waals surface area (Å²) in [4.78, 5) is 13.0. The molecule has 0 amide bonds. The number of methoxy groups -OCH3 is 1. The number of ether oxygens (including phenoxy) is 1. The summed E-state index contributed by atoms with van der Waals surface area (Å²) >= 11 is 0. The highest BCUT2D eigenvalue weighted by atomic mass is 32.2. The Balaban J connectivity index is 3.34. The first-order valence-corrected chi connectivity index (χ1v) is 5.69. The molecule has 0 unspecified atom stereocenters. The predicted octanol–water partition coefficient (Wildman–Crippen LogP) is 0.510. The summed E-state index contributed by atoms with van der Waals surface area (Å²) in [5, 5.41) is 0. The Morgan fingerprint density at radius 3 is 2.38 bits per heavy atom. The summed E-state index contributed by atoms with van der Waals surface area (Å²) in [5.74, 6) is -0.552. The zero-order valence-corrected chi connectivity index (χ0v) is 10.2. The van der Waals surface area contributed by atoms with Crippen molar-refractivity contribution in [3.63, 3.8) is 0 Å². The molecule has 1 rings (SSSR count). The molecule has 0 aromatic heterocycles. The van der Waals surface area contributed by atoms with Crippen LogP contribution < -0.4 is 4.90 Å².